The fourth-order valence-corrected chi connectivity index (χ4v) is 5.44. The topological polar surface area (TPSA) is 96.0 Å². The van der Waals surface area contributed by atoms with Crippen LogP contribution in [-0.4, -0.2) is 58.0 Å². The van der Waals surface area contributed by atoms with Gasteiger partial charge in [-0.1, -0.05) is 53.5 Å². The average Bonchev–Trinajstić information content (AvgIpc) is 2.90. The summed E-state index contributed by atoms with van der Waals surface area (Å²) in [4.78, 5) is 27.9. The predicted molar refractivity (Wildman–Crippen MR) is 139 cm³/mol. The molecule has 1 saturated heterocycles. The van der Waals surface area contributed by atoms with Gasteiger partial charge in [0.05, 0.1) is 45.1 Å². The maximum Gasteiger partial charge on any atom is 0.264 e. The standard InChI is InChI=1S/C25H23Cl2N3O5S/c26-21-11-10-18(16-22(21)27)30(36(33,34)19-6-2-1-3-7-19)17-24(31)28-23-9-5-4-8-20(23)25(32)29-12-14-35-15-13-29/h1-11,16H,12-15,17H2,(H,28,31). The Hall–Kier alpha value is -3.11. The Bertz CT molecular complexity index is 1360. The maximum absolute atomic E-state index is 13.5. The van der Waals surface area contributed by atoms with E-state index in [1.165, 1.54) is 30.3 Å². The van der Waals surface area contributed by atoms with E-state index in [-0.39, 0.29) is 32.2 Å². The summed E-state index contributed by atoms with van der Waals surface area (Å²) in [6, 6.07) is 18.7. The van der Waals surface area contributed by atoms with Crippen molar-refractivity contribution in [2.24, 2.45) is 0 Å². The molecule has 0 unspecified atom stereocenters. The van der Waals surface area contributed by atoms with Gasteiger partial charge in [-0.3, -0.25) is 13.9 Å². The molecule has 1 aliphatic heterocycles. The molecule has 0 spiro atoms. The molecule has 0 saturated carbocycles. The summed E-state index contributed by atoms with van der Waals surface area (Å²) in [6.45, 7) is 1.21. The maximum atomic E-state index is 13.5. The van der Waals surface area contributed by atoms with E-state index in [9.17, 15) is 18.0 Å². The van der Waals surface area contributed by atoms with E-state index in [0.717, 1.165) is 4.31 Å². The Kier molecular flexibility index (Phi) is 8.15. The number of hydrogen-bond donors (Lipinski definition) is 1. The molecule has 0 radical (unpaired) electrons. The number of morpholine rings is 1. The predicted octanol–water partition coefficient (Wildman–Crippen LogP) is 4.30. The molecular formula is C25H23Cl2N3O5S. The number of hydrogen-bond acceptors (Lipinski definition) is 5. The number of para-hydroxylation sites is 1. The zero-order valence-corrected chi connectivity index (χ0v) is 21.4. The minimum atomic E-state index is -4.13. The summed E-state index contributed by atoms with van der Waals surface area (Å²) in [5.41, 5.74) is 0.756. The van der Waals surface area contributed by atoms with Crippen LogP contribution in [0.3, 0.4) is 0 Å². The molecule has 0 atom stereocenters. The molecule has 4 rings (SSSR count). The van der Waals surface area contributed by atoms with Gasteiger partial charge < -0.3 is 15.0 Å². The van der Waals surface area contributed by atoms with Crippen molar-refractivity contribution in [1.29, 1.82) is 0 Å². The van der Waals surface area contributed by atoms with Crippen LogP contribution in [0.5, 0.6) is 0 Å². The second-order valence-electron chi connectivity index (χ2n) is 7.92. The minimum Gasteiger partial charge on any atom is -0.378 e. The lowest BCUT2D eigenvalue weighted by atomic mass is 10.1. The number of nitrogens with one attached hydrogen (secondary N) is 1. The normalized spacial score (nSPS) is 13.8. The van der Waals surface area contributed by atoms with E-state index < -0.39 is 22.5 Å². The Balaban J connectivity index is 1.62. The van der Waals surface area contributed by atoms with Gasteiger partial charge in [0.1, 0.15) is 6.54 Å². The van der Waals surface area contributed by atoms with Crippen molar-refractivity contribution in [3.8, 4) is 0 Å². The van der Waals surface area contributed by atoms with Crippen molar-refractivity contribution < 1.29 is 22.7 Å². The summed E-state index contributed by atoms with van der Waals surface area (Å²) in [5, 5.41) is 3.09. The second kappa shape index (κ2) is 11.3. The molecule has 0 aromatic heterocycles. The Morgan fingerprint density at radius 3 is 2.28 bits per heavy atom. The average molecular weight is 548 g/mol. The first kappa shape index (κ1) is 26.0. The summed E-state index contributed by atoms with van der Waals surface area (Å²) >= 11 is 12.2. The van der Waals surface area contributed by atoms with E-state index in [1.807, 2.05) is 0 Å². The highest BCUT2D eigenvalue weighted by molar-refractivity contribution is 7.92. The van der Waals surface area contributed by atoms with Crippen LogP contribution in [-0.2, 0) is 19.6 Å². The number of amides is 2. The molecule has 36 heavy (non-hydrogen) atoms. The summed E-state index contributed by atoms with van der Waals surface area (Å²) in [6.07, 6.45) is 0. The molecule has 1 fully saturated rings. The van der Waals surface area contributed by atoms with Crippen LogP contribution in [0.1, 0.15) is 10.4 Å². The second-order valence-corrected chi connectivity index (χ2v) is 10.6. The Morgan fingerprint density at radius 2 is 1.58 bits per heavy atom. The van der Waals surface area contributed by atoms with Gasteiger partial charge in [-0.05, 0) is 42.5 Å². The molecule has 0 aliphatic carbocycles. The molecular weight excluding hydrogens is 525 g/mol. The van der Waals surface area contributed by atoms with Crippen molar-refractivity contribution in [3.63, 3.8) is 0 Å². The lowest BCUT2D eigenvalue weighted by Crippen LogP contribution is -2.41. The van der Waals surface area contributed by atoms with Gasteiger partial charge in [-0.15, -0.1) is 0 Å². The molecule has 8 nitrogen and oxygen atoms in total. The van der Waals surface area contributed by atoms with Crippen molar-refractivity contribution >= 4 is 56.4 Å². The fraction of sp³-hybridized carbons (Fsp3) is 0.200. The molecule has 0 bridgehead atoms. The Labute approximate surface area is 219 Å². The highest BCUT2D eigenvalue weighted by Crippen LogP contribution is 2.30. The number of halogens is 2. The smallest absolute Gasteiger partial charge is 0.264 e. The highest BCUT2D eigenvalue weighted by atomic mass is 35.5. The van der Waals surface area contributed by atoms with Crippen molar-refractivity contribution in [2.75, 3.05) is 42.5 Å². The van der Waals surface area contributed by atoms with Crippen LogP contribution in [0.4, 0.5) is 11.4 Å². The van der Waals surface area contributed by atoms with Crippen LogP contribution in [0.15, 0.2) is 77.7 Å². The highest BCUT2D eigenvalue weighted by Gasteiger charge is 2.28. The van der Waals surface area contributed by atoms with Crippen LogP contribution in [0, 0.1) is 0 Å². The van der Waals surface area contributed by atoms with E-state index >= 15 is 0 Å². The van der Waals surface area contributed by atoms with Crippen molar-refractivity contribution in [1.82, 2.24) is 4.90 Å². The zero-order chi connectivity index (χ0) is 25.7. The number of anilines is 2. The first-order chi connectivity index (χ1) is 17.3. The minimum absolute atomic E-state index is 0.00627. The number of nitrogens with zero attached hydrogens (tertiary/aromatic N) is 2. The summed E-state index contributed by atoms with van der Waals surface area (Å²) < 4.78 is 33.2. The SMILES string of the molecule is O=C(CN(c1ccc(Cl)c(Cl)c1)S(=O)(=O)c1ccccc1)Nc1ccccc1C(=O)N1CCOCC1. The number of ether oxygens (including phenoxy) is 1. The number of rotatable bonds is 7. The molecule has 11 heteroatoms. The van der Waals surface area contributed by atoms with Gasteiger partial charge in [0.2, 0.25) is 5.91 Å². The number of carbonyl (C=O) groups excluding carboxylic acids is 2. The molecule has 3 aromatic carbocycles. The van der Waals surface area contributed by atoms with Crippen LogP contribution < -0.4 is 9.62 Å². The van der Waals surface area contributed by atoms with Gasteiger partial charge in [0, 0.05) is 13.1 Å². The summed E-state index contributed by atoms with van der Waals surface area (Å²) in [7, 11) is -4.13. The molecule has 2 amide bonds. The number of benzene rings is 3. The summed E-state index contributed by atoms with van der Waals surface area (Å²) in [5.74, 6) is -0.879. The molecule has 1 heterocycles. The lowest BCUT2D eigenvalue weighted by Gasteiger charge is -2.28. The van der Waals surface area contributed by atoms with Gasteiger partial charge in [0.25, 0.3) is 15.9 Å². The zero-order valence-electron chi connectivity index (χ0n) is 19.1. The van der Waals surface area contributed by atoms with E-state index in [1.54, 1.807) is 47.4 Å². The van der Waals surface area contributed by atoms with E-state index in [0.29, 0.717) is 31.9 Å². The quantitative estimate of drug-likeness (QED) is 0.475. The van der Waals surface area contributed by atoms with Crippen LogP contribution in [0.2, 0.25) is 10.0 Å². The van der Waals surface area contributed by atoms with Crippen molar-refractivity contribution in [3.05, 3.63) is 88.4 Å². The van der Waals surface area contributed by atoms with Crippen LogP contribution >= 0.6 is 23.2 Å². The largest absolute Gasteiger partial charge is 0.378 e. The third kappa shape index (κ3) is 5.82. The molecule has 1 aliphatic rings. The third-order valence-corrected chi connectivity index (χ3v) is 8.07. The van der Waals surface area contributed by atoms with Gasteiger partial charge in [-0.2, -0.15) is 0 Å². The fourth-order valence-electron chi connectivity index (χ4n) is 3.71. The van der Waals surface area contributed by atoms with E-state index in [2.05, 4.69) is 5.32 Å². The lowest BCUT2D eigenvalue weighted by molar-refractivity contribution is -0.114. The molecule has 1 N–H and O–H groups in total. The first-order valence-electron chi connectivity index (χ1n) is 11.1. The van der Waals surface area contributed by atoms with Gasteiger partial charge in [0.15, 0.2) is 0 Å². The first-order valence-corrected chi connectivity index (χ1v) is 13.3. The van der Waals surface area contributed by atoms with Crippen LogP contribution in [0.25, 0.3) is 0 Å². The van der Waals surface area contributed by atoms with Gasteiger partial charge >= 0.3 is 0 Å². The molecule has 188 valence electrons. The van der Waals surface area contributed by atoms with E-state index in [4.69, 9.17) is 27.9 Å². The Morgan fingerprint density at radius 1 is 0.917 bits per heavy atom. The number of sulfonamides is 1. The number of carbonyl (C=O) groups is 2. The molecule has 3 aromatic rings. The third-order valence-electron chi connectivity index (χ3n) is 5.54. The van der Waals surface area contributed by atoms with Gasteiger partial charge in [-0.25, -0.2) is 8.42 Å². The monoisotopic (exact) mass is 547 g/mol. The van der Waals surface area contributed by atoms with Crippen molar-refractivity contribution in [2.45, 2.75) is 4.90 Å².